The Hall–Kier alpha value is -1.91. The Morgan fingerprint density at radius 3 is 1.58 bits per heavy atom. The zero-order valence-electron chi connectivity index (χ0n) is 16.3. The highest BCUT2D eigenvalue weighted by Crippen LogP contribution is 2.42. The molecule has 5 heteroatoms. The molecule has 1 amide bonds. The van der Waals surface area contributed by atoms with Crippen molar-refractivity contribution in [2.75, 3.05) is 0 Å². The molecule has 1 aromatic rings. The maximum atomic E-state index is 11.8. The Morgan fingerprint density at radius 2 is 1.29 bits per heavy atom. The molecule has 0 unspecified atom stereocenters. The van der Waals surface area contributed by atoms with E-state index in [2.05, 4.69) is 79.7 Å². The van der Waals surface area contributed by atoms with Crippen LogP contribution in [0.1, 0.15) is 79.0 Å². The molecule has 5 nitrogen and oxygen atoms in total. The molecule has 0 aliphatic carbocycles. The molecule has 0 aliphatic heterocycles. The molecule has 0 saturated heterocycles. The first-order chi connectivity index (χ1) is 10.7. The molecule has 0 heterocycles. The van der Waals surface area contributed by atoms with Crippen LogP contribution in [0.25, 0.3) is 0 Å². The number of nitrogens with one attached hydrogen (secondary N) is 1. The van der Waals surface area contributed by atoms with Gasteiger partial charge in [0, 0.05) is 11.1 Å². The van der Waals surface area contributed by atoms with Crippen LogP contribution >= 0.6 is 0 Å². The summed E-state index contributed by atoms with van der Waals surface area (Å²) >= 11 is 0. The summed E-state index contributed by atoms with van der Waals surface area (Å²) in [5.74, 6) is 0.504. The molecular weight excluding hydrogens is 304 g/mol. The van der Waals surface area contributed by atoms with E-state index in [0.29, 0.717) is 5.75 Å². The highest BCUT2D eigenvalue weighted by atomic mass is 16.6. The van der Waals surface area contributed by atoms with Crippen molar-refractivity contribution in [2.45, 2.75) is 78.6 Å². The molecule has 0 radical (unpaired) electrons. The fourth-order valence-corrected chi connectivity index (χ4v) is 2.44. The molecule has 24 heavy (non-hydrogen) atoms. The van der Waals surface area contributed by atoms with E-state index in [-0.39, 0.29) is 16.2 Å². The third kappa shape index (κ3) is 4.79. The number of ether oxygens (including phenoxy) is 1. The lowest BCUT2D eigenvalue weighted by Crippen LogP contribution is -2.27. The standard InChI is InChI=1S/C19H30N2O3/c1-17(2,3)12-10-13(18(4,5)6)15(24-16(22)20-21-23)14(11-12)19(7,8)9/h10-11H,1-9H3,(H,20,22,23). The second-order valence-corrected chi connectivity index (χ2v) is 9.24. The van der Waals surface area contributed by atoms with Gasteiger partial charge in [-0.15, -0.1) is 4.91 Å². The van der Waals surface area contributed by atoms with Crippen molar-refractivity contribution in [3.8, 4) is 5.75 Å². The fraction of sp³-hybridized carbons (Fsp3) is 0.632. The van der Waals surface area contributed by atoms with Crippen LogP contribution in [0.4, 0.5) is 4.79 Å². The summed E-state index contributed by atoms with van der Waals surface area (Å²) in [6.45, 7) is 18.9. The maximum absolute atomic E-state index is 11.8. The third-order valence-corrected chi connectivity index (χ3v) is 3.90. The number of benzene rings is 1. The minimum absolute atomic E-state index is 0.0366. The van der Waals surface area contributed by atoms with Gasteiger partial charge in [0.05, 0.1) is 5.29 Å². The van der Waals surface area contributed by atoms with Crippen LogP contribution in [-0.2, 0) is 16.2 Å². The van der Waals surface area contributed by atoms with Gasteiger partial charge >= 0.3 is 6.09 Å². The minimum atomic E-state index is -0.871. The summed E-state index contributed by atoms with van der Waals surface area (Å²) in [5.41, 5.74) is 4.35. The molecule has 1 rings (SSSR count). The molecule has 0 bridgehead atoms. The van der Waals surface area contributed by atoms with E-state index in [1.54, 1.807) is 5.43 Å². The minimum Gasteiger partial charge on any atom is -0.408 e. The highest BCUT2D eigenvalue weighted by Gasteiger charge is 2.31. The molecule has 0 atom stereocenters. The SMILES string of the molecule is CC(C)(C)c1cc(C(C)(C)C)c(OC(=O)NN=O)c(C(C)(C)C)c1. The summed E-state index contributed by atoms with van der Waals surface area (Å²) < 4.78 is 5.49. The molecular formula is C19H30N2O3. The van der Waals surface area contributed by atoms with E-state index in [0.717, 1.165) is 11.1 Å². The van der Waals surface area contributed by atoms with Crippen LogP contribution in [0.15, 0.2) is 17.4 Å². The van der Waals surface area contributed by atoms with Gasteiger partial charge in [0.15, 0.2) is 0 Å². The maximum Gasteiger partial charge on any atom is 0.435 e. The topological polar surface area (TPSA) is 67.8 Å². The van der Waals surface area contributed by atoms with Crippen LogP contribution < -0.4 is 10.2 Å². The van der Waals surface area contributed by atoms with Crippen LogP contribution in [0.2, 0.25) is 0 Å². The van der Waals surface area contributed by atoms with Crippen molar-refractivity contribution < 1.29 is 9.53 Å². The second-order valence-electron chi connectivity index (χ2n) is 9.24. The highest BCUT2D eigenvalue weighted by molar-refractivity contribution is 5.72. The Morgan fingerprint density at radius 1 is 0.875 bits per heavy atom. The number of rotatable bonds is 2. The van der Waals surface area contributed by atoms with Crippen LogP contribution in [-0.4, -0.2) is 6.09 Å². The average Bonchev–Trinajstić information content (AvgIpc) is 2.34. The summed E-state index contributed by atoms with van der Waals surface area (Å²) in [5, 5.41) is 2.40. The molecule has 0 saturated carbocycles. The lowest BCUT2D eigenvalue weighted by molar-refractivity contribution is 0.198. The second kappa shape index (κ2) is 6.54. The Balaban J connectivity index is 3.74. The molecule has 0 aromatic heterocycles. The summed E-state index contributed by atoms with van der Waals surface area (Å²) in [6, 6.07) is 4.18. The van der Waals surface area contributed by atoms with Crippen molar-refractivity contribution >= 4 is 6.09 Å². The summed E-state index contributed by atoms with van der Waals surface area (Å²) in [4.78, 5) is 22.1. The third-order valence-electron chi connectivity index (χ3n) is 3.90. The number of hydrogen-bond donors (Lipinski definition) is 1. The van der Waals surface area contributed by atoms with E-state index >= 15 is 0 Å². The van der Waals surface area contributed by atoms with Gasteiger partial charge in [0.1, 0.15) is 5.75 Å². The average molecular weight is 334 g/mol. The van der Waals surface area contributed by atoms with Gasteiger partial charge in [0.25, 0.3) is 0 Å². The van der Waals surface area contributed by atoms with E-state index < -0.39 is 6.09 Å². The predicted octanol–water partition coefficient (Wildman–Crippen LogP) is 5.35. The Kier molecular flexibility index (Phi) is 5.48. The number of carbonyl (C=O) groups is 1. The quantitative estimate of drug-likeness (QED) is 0.585. The van der Waals surface area contributed by atoms with E-state index in [9.17, 15) is 9.70 Å². The number of hydrogen-bond acceptors (Lipinski definition) is 4. The Labute approximate surface area is 145 Å². The molecule has 0 fully saturated rings. The van der Waals surface area contributed by atoms with Gasteiger partial charge in [-0.1, -0.05) is 74.4 Å². The van der Waals surface area contributed by atoms with Crippen molar-refractivity contribution in [1.82, 2.24) is 5.43 Å². The molecule has 1 N–H and O–H groups in total. The van der Waals surface area contributed by atoms with Crippen molar-refractivity contribution in [1.29, 1.82) is 0 Å². The summed E-state index contributed by atoms with van der Waals surface area (Å²) in [6.07, 6.45) is -0.871. The first-order valence-electron chi connectivity index (χ1n) is 8.17. The predicted molar refractivity (Wildman–Crippen MR) is 97.5 cm³/mol. The normalized spacial score (nSPS) is 12.7. The smallest absolute Gasteiger partial charge is 0.408 e. The number of amides is 1. The van der Waals surface area contributed by atoms with Gasteiger partial charge in [-0.3, -0.25) is 0 Å². The van der Waals surface area contributed by atoms with Crippen LogP contribution in [0.3, 0.4) is 0 Å². The summed E-state index contributed by atoms with van der Waals surface area (Å²) in [7, 11) is 0. The fourth-order valence-electron chi connectivity index (χ4n) is 2.44. The van der Waals surface area contributed by atoms with Gasteiger partial charge in [-0.25, -0.2) is 4.79 Å². The first kappa shape index (κ1) is 20.1. The van der Waals surface area contributed by atoms with Crippen molar-refractivity contribution in [3.63, 3.8) is 0 Å². The lowest BCUT2D eigenvalue weighted by atomic mass is 9.75. The van der Waals surface area contributed by atoms with Crippen molar-refractivity contribution in [2.24, 2.45) is 5.29 Å². The molecule has 134 valence electrons. The number of carbonyl (C=O) groups excluding carboxylic acids is 1. The van der Waals surface area contributed by atoms with Gasteiger partial charge in [0.2, 0.25) is 0 Å². The van der Waals surface area contributed by atoms with Gasteiger partial charge in [-0.2, -0.15) is 5.43 Å². The van der Waals surface area contributed by atoms with E-state index in [1.165, 1.54) is 5.56 Å². The first-order valence-corrected chi connectivity index (χ1v) is 8.17. The van der Waals surface area contributed by atoms with Gasteiger partial charge in [-0.05, 0) is 21.8 Å². The van der Waals surface area contributed by atoms with Gasteiger partial charge < -0.3 is 4.74 Å². The Bertz CT molecular complexity index is 594. The zero-order chi connectivity index (χ0) is 18.9. The molecule has 0 spiro atoms. The van der Waals surface area contributed by atoms with E-state index in [4.69, 9.17) is 4.74 Å². The zero-order valence-corrected chi connectivity index (χ0v) is 16.3. The largest absolute Gasteiger partial charge is 0.435 e. The van der Waals surface area contributed by atoms with Crippen LogP contribution in [0.5, 0.6) is 5.75 Å². The monoisotopic (exact) mass is 334 g/mol. The van der Waals surface area contributed by atoms with Crippen LogP contribution in [0, 0.1) is 4.91 Å². The molecule has 1 aromatic carbocycles. The van der Waals surface area contributed by atoms with Crippen molar-refractivity contribution in [3.05, 3.63) is 33.7 Å². The number of nitroso groups, excluding NO2 is 1. The lowest BCUT2D eigenvalue weighted by Gasteiger charge is -2.32. The number of nitrogens with zero attached hydrogens (tertiary/aromatic N) is 1. The van der Waals surface area contributed by atoms with E-state index in [1.807, 2.05) is 0 Å². The molecule has 0 aliphatic rings.